The molecule has 6 unspecified atom stereocenters. The van der Waals surface area contributed by atoms with Crippen LogP contribution in [0.5, 0.6) is 0 Å². The van der Waals surface area contributed by atoms with Crippen molar-refractivity contribution in [1.29, 1.82) is 0 Å². The smallest absolute Gasteiger partial charge is 0.0329 e. The van der Waals surface area contributed by atoms with E-state index < -0.39 is 0 Å². The van der Waals surface area contributed by atoms with E-state index in [1.54, 1.807) is 32.1 Å². The van der Waals surface area contributed by atoms with Crippen molar-refractivity contribution in [2.45, 2.75) is 91.4 Å². The quantitative estimate of drug-likeness (QED) is 0.541. The highest BCUT2D eigenvalue weighted by atomic mass is 14.4. The van der Waals surface area contributed by atoms with Gasteiger partial charge in [0.25, 0.3) is 0 Å². The van der Waals surface area contributed by atoms with E-state index in [4.69, 9.17) is 0 Å². The first-order valence-corrected chi connectivity index (χ1v) is 10.2. The summed E-state index contributed by atoms with van der Waals surface area (Å²) in [4.78, 5) is 0. The molecular formula is C21H38. The molecule has 0 amide bonds. The van der Waals surface area contributed by atoms with Crippen molar-refractivity contribution < 1.29 is 0 Å². The molecule has 0 radical (unpaired) electrons. The van der Waals surface area contributed by atoms with Gasteiger partial charge in [-0.25, -0.2) is 0 Å². The first-order valence-electron chi connectivity index (χ1n) is 10.2. The highest BCUT2D eigenvalue weighted by Gasteiger charge is 2.39. The van der Waals surface area contributed by atoms with E-state index in [9.17, 15) is 0 Å². The third-order valence-electron chi connectivity index (χ3n) is 7.93. The molecule has 6 atom stereocenters. The van der Waals surface area contributed by atoms with Crippen LogP contribution >= 0.6 is 0 Å². The summed E-state index contributed by atoms with van der Waals surface area (Å²) in [5.41, 5.74) is 0. The molecule has 0 N–H and O–H groups in total. The average molecular weight is 291 g/mol. The second-order valence-electron chi connectivity index (χ2n) is 9.04. The maximum atomic E-state index is 2.61. The Kier molecular flexibility index (Phi) is 5.33. The molecule has 0 nitrogen and oxygen atoms in total. The molecular weight excluding hydrogens is 252 g/mol. The Morgan fingerprint density at radius 3 is 1.90 bits per heavy atom. The minimum absolute atomic E-state index is 0.973. The Hall–Kier alpha value is 0. The van der Waals surface area contributed by atoms with Crippen molar-refractivity contribution in [3.05, 3.63) is 0 Å². The third-order valence-corrected chi connectivity index (χ3v) is 7.93. The summed E-state index contributed by atoms with van der Waals surface area (Å²) < 4.78 is 0. The van der Waals surface area contributed by atoms with Gasteiger partial charge in [0.1, 0.15) is 0 Å². The summed E-state index contributed by atoms with van der Waals surface area (Å²) >= 11 is 0. The van der Waals surface area contributed by atoms with Gasteiger partial charge in [-0.15, -0.1) is 0 Å². The van der Waals surface area contributed by atoms with Crippen LogP contribution in [0.15, 0.2) is 0 Å². The average Bonchev–Trinajstić information content (AvgIpc) is 2.41. The number of hydrogen-bond donors (Lipinski definition) is 0. The fraction of sp³-hybridized carbons (Fsp3) is 1.00. The van der Waals surface area contributed by atoms with Gasteiger partial charge in [-0.3, -0.25) is 0 Å². The molecule has 0 heteroatoms. The molecule has 122 valence electrons. The monoisotopic (exact) mass is 290 g/mol. The molecule has 3 saturated carbocycles. The van der Waals surface area contributed by atoms with Crippen molar-refractivity contribution >= 4 is 0 Å². The molecule has 0 aliphatic heterocycles. The summed E-state index contributed by atoms with van der Waals surface area (Å²) in [5, 5.41) is 0. The van der Waals surface area contributed by atoms with Gasteiger partial charge in [-0.05, 0) is 60.7 Å². The Morgan fingerprint density at radius 2 is 1.33 bits per heavy atom. The van der Waals surface area contributed by atoms with Crippen LogP contribution in [0.4, 0.5) is 0 Å². The predicted molar refractivity (Wildman–Crippen MR) is 92.2 cm³/mol. The molecule has 0 spiro atoms. The number of rotatable bonds is 4. The van der Waals surface area contributed by atoms with Crippen LogP contribution in [0.1, 0.15) is 91.4 Å². The van der Waals surface area contributed by atoms with Crippen LogP contribution < -0.4 is 0 Å². The van der Waals surface area contributed by atoms with Crippen LogP contribution in [-0.2, 0) is 0 Å². The van der Waals surface area contributed by atoms with Crippen molar-refractivity contribution in [3.63, 3.8) is 0 Å². The van der Waals surface area contributed by atoms with E-state index in [0.29, 0.717) is 0 Å². The van der Waals surface area contributed by atoms with Gasteiger partial charge in [0.05, 0.1) is 0 Å². The Morgan fingerprint density at radius 1 is 0.619 bits per heavy atom. The maximum absolute atomic E-state index is 2.61. The van der Waals surface area contributed by atoms with Crippen LogP contribution in [0, 0.1) is 41.4 Å². The van der Waals surface area contributed by atoms with Gasteiger partial charge in [-0.2, -0.15) is 0 Å². The molecule has 0 aromatic rings. The molecule has 0 bridgehead atoms. The van der Waals surface area contributed by atoms with Crippen molar-refractivity contribution in [2.24, 2.45) is 41.4 Å². The Bertz CT molecular complexity index is 316. The van der Waals surface area contributed by atoms with E-state index in [0.717, 1.165) is 41.4 Å². The lowest BCUT2D eigenvalue weighted by atomic mass is 9.59. The second kappa shape index (κ2) is 7.05. The zero-order valence-corrected chi connectivity index (χ0v) is 14.8. The highest BCUT2D eigenvalue weighted by Crippen LogP contribution is 2.49. The third kappa shape index (κ3) is 3.50. The Balaban J connectivity index is 1.63. The SMILES string of the molecule is CC1CCC1CCC1CCCCC(C)C(C)C1C1CCC1. The van der Waals surface area contributed by atoms with E-state index in [1.165, 1.54) is 38.5 Å². The topological polar surface area (TPSA) is 0 Å². The van der Waals surface area contributed by atoms with Gasteiger partial charge in [0.15, 0.2) is 0 Å². The van der Waals surface area contributed by atoms with Gasteiger partial charge in [0, 0.05) is 0 Å². The van der Waals surface area contributed by atoms with Crippen LogP contribution in [0.25, 0.3) is 0 Å². The zero-order chi connectivity index (χ0) is 14.8. The highest BCUT2D eigenvalue weighted by molar-refractivity contribution is 4.89. The van der Waals surface area contributed by atoms with Crippen LogP contribution in [0.3, 0.4) is 0 Å². The lowest BCUT2D eigenvalue weighted by molar-refractivity contribution is 0.0372. The van der Waals surface area contributed by atoms with Crippen LogP contribution in [0.2, 0.25) is 0 Å². The van der Waals surface area contributed by atoms with Gasteiger partial charge < -0.3 is 0 Å². The first-order chi connectivity index (χ1) is 10.2. The predicted octanol–water partition coefficient (Wildman–Crippen LogP) is 6.69. The minimum atomic E-state index is 0.973. The largest absolute Gasteiger partial charge is 0.0622 e. The molecule has 0 saturated heterocycles. The second-order valence-corrected chi connectivity index (χ2v) is 9.04. The molecule has 0 aromatic heterocycles. The lowest BCUT2D eigenvalue weighted by Crippen LogP contribution is -2.37. The minimum Gasteiger partial charge on any atom is -0.0622 e. The standard InChI is InChI=1S/C21H38/c1-15-7-4-5-8-20(14-13-18-12-11-16(18)2)21(17(15)3)19-9-6-10-19/h15-21H,4-14H2,1-3H3. The molecule has 0 heterocycles. The van der Waals surface area contributed by atoms with Crippen molar-refractivity contribution in [3.8, 4) is 0 Å². The van der Waals surface area contributed by atoms with Crippen LogP contribution in [-0.4, -0.2) is 0 Å². The van der Waals surface area contributed by atoms with Crippen molar-refractivity contribution in [2.75, 3.05) is 0 Å². The van der Waals surface area contributed by atoms with E-state index >= 15 is 0 Å². The fourth-order valence-electron chi connectivity index (χ4n) is 5.71. The lowest BCUT2D eigenvalue weighted by Gasteiger charge is -2.46. The van der Waals surface area contributed by atoms with Gasteiger partial charge >= 0.3 is 0 Å². The summed E-state index contributed by atoms with van der Waals surface area (Å²) in [5.74, 6) is 7.33. The molecule has 3 fully saturated rings. The summed E-state index contributed by atoms with van der Waals surface area (Å²) in [6.45, 7) is 7.64. The summed E-state index contributed by atoms with van der Waals surface area (Å²) in [7, 11) is 0. The van der Waals surface area contributed by atoms with Crippen molar-refractivity contribution in [1.82, 2.24) is 0 Å². The summed E-state index contributed by atoms with van der Waals surface area (Å²) in [6, 6.07) is 0. The summed E-state index contributed by atoms with van der Waals surface area (Å²) in [6.07, 6.45) is 16.9. The number of hydrogen-bond acceptors (Lipinski definition) is 0. The van der Waals surface area contributed by atoms with Gasteiger partial charge in [-0.1, -0.05) is 72.1 Å². The molecule has 3 aliphatic rings. The van der Waals surface area contributed by atoms with E-state index in [-0.39, 0.29) is 0 Å². The van der Waals surface area contributed by atoms with E-state index in [1.807, 2.05) is 0 Å². The maximum Gasteiger partial charge on any atom is -0.0329 e. The zero-order valence-electron chi connectivity index (χ0n) is 14.8. The fourth-order valence-corrected chi connectivity index (χ4v) is 5.71. The van der Waals surface area contributed by atoms with E-state index in [2.05, 4.69) is 20.8 Å². The Labute approximate surface area is 133 Å². The first kappa shape index (κ1) is 15.9. The molecule has 3 aliphatic carbocycles. The molecule has 3 rings (SSSR count). The normalized spacial score (nSPS) is 45.3. The molecule has 21 heavy (non-hydrogen) atoms. The van der Waals surface area contributed by atoms with Gasteiger partial charge in [0.2, 0.25) is 0 Å². The molecule has 0 aromatic carbocycles.